The molecule has 2 aliphatic heterocycles. The molecule has 2 aliphatic rings. The van der Waals surface area contributed by atoms with Crippen LogP contribution in [0.1, 0.15) is 30.9 Å². The van der Waals surface area contributed by atoms with Crippen LogP contribution in [0.15, 0.2) is 48.2 Å². The van der Waals surface area contributed by atoms with Gasteiger partial charge in [-0.3, -0.25) is 9.59 Å². The number of benzene rings is 2. The van der Waals surface area contributed by atoms with Crippen molar-refractivity contribution in [1.29, 1.82) is 0 Å². The first-order valence-electron chi connectivity index (χ1n) is 10.6. The van der Waals surface area contributed by atoms with E-state index >= 15 is 0 Å². The van der Waals surface area contributed by atoms with Gasteiger partial charge >= 0.3 is 0 Å². The van der Waals surface area contributed by atoms with E-state index in [9.17, 15) is 9.59 Å². The average Bonchev–Trinajstić information content (AvgIpc) is 3.03. The van der Waals surface area contributed by atoms with Gasteiger partial charge in [-0.25, -0.2) is 4.90 Å². The second-order valence-corrected chi connectivity index (χ2v) is 8.22. The first-order chi connectivity index (χ1) is 15.0. The smallest absolute Gasteiger partial charge is 0.282 e. The fraction of sp³-hybridized carbons (Fsp3) is 0.360. The third-order valence-corrected chi connectivity index (χ3v) is 6.06. The Kier molecular flexibility index (Phi) is 5.72. The van der Waals surface area contributed by atoms with Crippen molar-refractivity contribution in [3.05, 3.63) is 59.3 Å². The highest BCUT2D eigenvalue weighted by Crippen LogP contribution is 2.39. The van der Waals surface area contributed by atoms with E-state index in [1.807, 2.05) is 37.3 Å². The van der Waals surface area contributed by atoms with Crippen LogP contribution in [0.5, 0.6) is 11.5 Å². The number of piperidine rings is 1. The number of amides is 2. The van der Waals surface area contributed by atoms with E-state index in [2.05, 4.69) is 11.8 Å². The van der Waals surface area contributed by atoms with Gasteiger partial charge in [0.25, 0.3) is 11.8 Å². The van der Waals surface area contributed by atoms with Gasteiger partial charge in [-0.05, 0) is 55.0 Å². The molecule has 2 amide bonds. The maximum absolute atomic E-state index is 13.7. The second-order valence-electron chi connectivity index (χ2n) is 8.22. The SMILES string of the molecule is COc1ccc(C2=C(N3CCCC(C)C3)C(=O)N(c3ccccc3C)C2=O)cc1OC. The molecule has 1 saturated heterocycles. The van der Waals surface area contributed by atoms with Crippen molar-refractivity contribution in [3.63, 3.8) is 0 Å². The molecule has 0 N–H and O–H groups in total. The van der Waals surface area contributed by atoms with Crippen LogP contribution in [-0.4, -0.2) is 44.0 Å². The van der Waals surface area contributed by atoms with Crippen LogP contribution in [0.2, 0.25) is 0 Å². The van der Waals surface area contributed by atoms with Gasteiger partial charge in [0.2, 0.25) is 0 Å². The summed E-state index contributed by atoms with van der Waals surface area (Å²) in [5.41, 5.74) is 3.05. The van der Waals surface area contributed by atoms with Gasteiger partial charge in [-0.1, -0.05) is 31.2 Å². The van der Waals surface area contributed by atoms with E-state index in [0.29, 0.717) is 39.9 Å². The van der Waals surface area contributed by atoms with Crippen molar-refractivity contribution in [2.24, 2.45) is 5.92 Å². The number of hydrogen-bond acceptors (Lipinski definition) is 5. The molecule has 0 radical (unpaired) electrons. The van der Waals surface area contributed by atoms with Gasteiger partial charge in [0.1, 0.15) is 5.70 Å². The van der Waals surface area contributed by atoms with Crippen molar-refractivity contribution in [3.8, 4) is 11.5 Å². The largest absolute Gasteiger partial charge is 0.493 e. The molecule has 2 aromatic carbocycles. The van der Waals surface area contributed by atoms with Crippen LogP contribution in [-0.2, 0) is 9.59 Å². The standard InChI is InChI=1S/C25H28N2O4/c1-16-8-7-13-26(15-16)23-22(18-11-12-20(30-3)21(14-18)31-4)24(28)27(25(23)29)19-10-6-5-9-17(19)2/h5-6,9-12,14,16H,7-8,13,15H2,1-4H3. The van der Waals surface area contributed by atoms with Gasteiger partial charge in [0, 0.05) is 13.1 Å². The molecule has 0 saturated carbocycles. The number of imide groups is 1. The average molecular weight is 421 g/mol. The van der Waals surface area contributed by atoms with Gasteiger partial charge in [0.05, 0.1) is 25.5 Å². The summed E-state index contributed by atoms with van der Waals surface area (Å²) in [5, 5.41) is 0. The Morgan fingerprint density at radius 3 is 2.39 bits per heavy atom. The molecule has 4 rings (SSSR count). The molecule has 162 valence electrons. The molecular weight excluding hydrogens is 392 g/mol. The van der Waals surface area contributed by atoms with Gasteiger partial charge < -0.3 is 14.4 Å². The summed E-state index contributed by atoms with van der Waals surface area (Å²) in [6.07, 6.45) is 2.12. The number of likely N-dealkylation sites (tertiary alicyclic amines) is 1. The normalized spacial score (nSPS) is 19.3. The van der Waals surface area contributed by atoms with E-state index in [-0.39, 0.29) is 11.8 Å². The lowest BCUT2D eigenvalue weighted by Gasteiger charge is -2.33. The number of para-hydroxylation sites is 1. The quantitative estimate of drug-likeness (QED) is 0.684. The molecule has 2 heterocycles. The highest BCUT2D eigenvalue weighted by molar-refractivity contribution is 6.45. The Labute approximate surface area is 183 Å². The second kappa shape index (κ2) is 8.46. The van der Waals surface area contributed by atoms with Crippen molar-refractivity contribution >= 4 is 23.1 Å². The number of anilines is 1. The highest BCUT2D eigenvalue weighted by Gasteiger charge is 2.43. The van der Waals surface area contributed by atoms with E-state index in [4.69, 9.17) is 9.47 Å². The summed E-state index contributed by atoms with van der Waals surface area (Å²) in [6, 6.07) is 12.8. The number of carbonyl (C=O) groups is 2. The third kappa shape index (κ3) is 3.67. The molecule has 0 spiro atoms. The zero-order valence-electron chi connectivity index (χ0n) is 18.5. The number of carbonyl (C=O) groups excluding carboxylic acids is 2. The van der Waals surface area contributed by atoms with Crippen molar-refractivity contribution in [2.45, 2.75) is 26.7 Å². The lowest BCUT2D eigenvalue weighted by Crippen LogP contribution is -2.39. The summed E-state index contributed by atoms with van der Waals surface area (Å²) >= 11 is 0. The summed E-state index contributed by atoms with van der Waals surface area (Å²) in [6.45, 7) is 5.61. The summed E-state index contributed by atoms with van der Waals surface area (Å²) < 4.78 is 10.8. The number of methoxy groups -OCH3 is 2. The van der Waals surface area contributed by atoms with Crippen LogP contribution in [0, 0.1) is 12.8 Å². The molecule has 1 unspecified atom stereocenters. The third-order valence-electron chi connectivity index (χ3n) is 6.06. The minimum absolute atomic E-state index is 0.266. The number of ether oxygens (including phenoxy) is 2. The summed E-state index contributed by atoms with van der Waals surface area (Å²) in [5.74, 6) is 0.988. The minimum atomic E-state index is -0.306. The van der Waals surface area contributed by atoms with E-state index in [0.717, 1.165) is 31.5 Å². The first-order valence-corrected chi connectivity index (χ1v) is 10.6. The maximum atomic E-state index is 13.7. The lowest BCUT2D eigenvalue weighted by atomic mass is 9.97. The van der Waals surface area contributed by atoms with Crippen LogP contribution >= 0.6 is 0 Å². The molecule has 2 aromatic rings. The predicted octanol–water partition coefficient (Wildman–Crippen LogP) is 4.03. The molecule has 0 aliphatic carbocycles. The van der Waals surface area contributed by atoms with Crippen LogP contribution in [0.3, 0.4) is 0 Å². The highest BCUT2D eigenvalue weighted by atomic mass is 16.5. The summed E-state index contributed by atoms with van der Waals surface area (Å²) in [7, 11) is 3.13. The Hall–Kier alpha value is -3.28. The first kappa shape index (κ1) is 21.0. The minimum Gasteiger partial charge on any atom is -0.493 e. The van der Waals surface area contributed by atoms with Gasteiger partial charge in [-0.15, -0.1) is 0 Å². The van der Waals surface area contributed by atoms with Crippen molar-refractivity contribution < 1.29 is 19.1 Å². The van der Waals surface area contributed by atoms with Gasteiger partial charge in [-0.2, -0.15) is 0 Å². The number of nitrogens with zero attached hydrogens (tertiary/aromatic N) is 2. The molecule has 6 heteroatoms. The monoisotopic (exact) mass is 420 g/mol. The number of hydrogen-bond donors (Lipinski definition) is 0. The zero-order chi connectivity index (χ0) is 22.1. The topological polar surface area (TPSA) is 59.1 Å². The summed E-state index contributed by atoms with van der Waals surface area (Å²) in [4.78, 5) is 30.8. The van der Waals surface area contributed by atoms with Crippen molar-refractivity contribution in [2.75, 3.05) is 32.2 Å². The fourth-order valence-corrected chi connectivity index (χ4v) is 4.49. The van der Waals surface area contributed by atoms with Crippen LogP contribution < -0.4 is 14.4 Å². The maximum Gasteiger partial charge on any atom is 0.282 e. The fourth-order valence-electron chi connectivity index (χ4n) is 4.49. The Balaban J connectivity index is 1.87. The Morgan fingerprint density at radius 2 is 1.71 bits per heavy atom. The molecule has 1 atom stereocenters. The zero-order valence-corrected chi connectivity index (χ0v) is 18.5. The Bertz CT molecular complexity index is 1060. The van der Waals surface area contributed by atoms with Crippen LogP contribution in [0.25, 0.3) is 5.57 Å². The van der Waals surface area contributed by atoms with Gasteiger partial charge in [0.15, 0.2) is 11.5 Å². The van der Waals surface area contributed by atoms with E-state index in [1.165, 1.54) is 4.90 Å². The van der Waals surface area contributed by atoms with Crippen molar-refractivity contribution in [1.82, 2.24) is 4.90 Å². The molecule has 0 aromatic heterocycles. The van der Waals surface area contributed by atoms with Crippen LogP contribution in [0.4, 0.5) is 5.69 Å². The Morgan fingerprint density at radius 1 is 0.968 bits per heavy atom. The molecular formula is C25H28N2O4. The molecule has 1 fully saturated rings. The predicted molar refractivity (Wildman–Crippen MR) is 120 cm³/mol. The molecule has 6 nitrogen and oxygen atoms in total. The number of rotatable bonds is 5. The van der Waals surface area contributed by atoms with E-state index in [1.54, 1.807) is 26.4 Å². The molecule has 31 heavy (non-hydrogen) atoms. The number of aryl methyl sites for hydroxylation is 1. The lowest BCUT2D eigenvalue weighted by molar-refractivity contribution is -0.120. The molecule has 0 bridgehead atoms. The van der Waals surface area contributed by atoms with E-state index < -0.39 is 0 Å².